The van der Waals surface area contributed by atoms with E-state index in [9.17, 15) is 4.79 Å². The maximum absolute atomic E-state index is 13.3. The summed E-state index contributed by atoms with van der Waals surface area (Å²) in [5.41, 5.74) is 4.70. The van der Waals surface area contributed by atoms with Crippen molar-refractivity contribution < 1.29 is 9.32 Å². The van der Waals surface area contributed by atoms with E-state index in [0.717, 1.165) is 24.2 Å². The highest BCUT2D eigenvalue weighted by atomic mass is 16.5. The number of rotatable bonds is 4. The molecule has 0 fully saturated rings. The van der Waals surface area contributed by atoms with Crippen LogP contribution in [0.4, 0.5) is 11.4 Å². The van der Waals surface area contributed by atoms with Gasteiger partial charge in [-0.1, -0.05) is 53.7 Å². The molecule has 3 aromatic rings. The average molecular weight is 347 g/mol. The van der Waals surface area contributed by atoms with Gasteiger partial charge in [0.05, 0.1) is 0 Å². The summed E-state index contributed by atoms with van der Waals surface area (Å²) in [6.07, 6.45) is 0.943. The molecule has 1 aliphatic rings. The maximum atomic E-state index is 13.3. The lowest BCUT2D eigenvalue weighted by Gasteiger charge is -2.29. The van der Waals surface area contributed by atoms with Crippen LogP contribution in [0.3, 0.4) is 0 Å². The van der Waals surface area contributed by atoms with Crippen molar-refractivity contribution in [3.8, 4) is 0 Å². The fourth-order valence-corrected chi connectivity index (χ4v) is 3.59. The topological polar surface area (TPSA) is 58.4 Å². The van der Waals surface area contributed by atoms with Gasteiger partial charge >= 0.3 is 0 Å². The number of carbonyl (C=O) groups excluding carboxylic acids is 1. The number of para-hydroxylation sites is 1. The number of nitrogens with one attached hydrogen (secondary N) is 1. The standard InChI is InChI=1S/C21H21N3O2/c1-14-19(15(2)26-23-14)22-21(25)20(17-9-4-3-5-10-17)24-13-12-16-8-6-7-11-18(16)24/h3-11,20H,12-13H2,1-2H3,(H,22,25). The van der Waals surface area contributed by atoms with Crippen LogP contribution >= 0.6 is 0 Å². The predicted octanol–water partition coefficient (Wildman–Crippen LogP) is 4.03. The predicted molar refractivity (Wildman–Crippen MR) is 101 cm³/mol. The van der Waals surface area contributed by atoms with Gasteiger partial charge in [0.2, 0.25) is 0 Å². The van der Waals surface area contributed by atoms with Crippen LogP contribution < -0.4 is 10.2 Å². The number of hydrogen-bond acceptors (Lipinski definition) is 4. The summed E-state index contributed by atoms with van der Waals surface area (Å²) in [5, 5.41) is 6.96. The number of anilines is 2. The third kappa shape index (κ3) is 2.86. The molecule has 1 unspecified atom stereocenters. The van der Waals surface area contributed by atoms with E-state index >= 15 is 0 Å². The van der Waals surface area contributed by atoms with Gasteiger partial charge in [-0.05, 0) is 37.5 Å². The van der Waals surface area contributed by atoms with Crippen LogP contribution in [0.15, 0.2) is 59.1 Å². The zero-order chi connectivity index (χ0) is 18.1. The van der Waals surface area contributed by atoms with E-state index in [1.165, 1.54) is 5.56 Å². The molecular weight excluding hydrogens is 326 g/mol. The monoisotopic (exact) mass is 347 g/mol. The molecule has 5 nitrogen and oxygen atoms in total. The van der Waals surface area contributed by atoms with Gasteiger partial charge in [0, 0.05) is 12.2 Å². The van der Waals surface area contributed by atoms with Gasteiger partial charge in [-0.2, -0.15) is 0 Å². The molecule has 0 bridgehead atoms. The van der Waals surface area contributed by atoms with Crippen molar-refractivity contribution in [2.24, 2.45) is 0 Å². The van der Waals surface area contributed by atoms with Crippen molar-refractivity contribution in [2.45, 2.75) is 26.3 Å². The first-order valence-corrected chi connectivity index (χ1v) is 8.78. The molecule has 5 heteroatoms. The second kappa shape index (κ2) is 6.67. The molecule has 2 heterocycles. The molecule has 0 saturated carbocycles. The Bertz CT molecular complexity index is 914. The van der Waals surface area contributed by atoms with Crippen molar-refractivity contribution in [2.75, 3.05) is 16.8 Å². The first-order chi connectivity index (χ1) is 12.6. The summed E-state index contributed by atoms with van der Waals surface area (Å²) in [6, 6.07) is 17.8. The van der Waals surface area contributed by atoms with Gasteiger partial charge in [0.1, 0.15) is 17.4 Å². The van der Waals surface area contributed by atoms with E-state index in [2.05, 4.69) is 27.5 Å². The van der Waals surface area contributed by atoms with Gasteiger partial charge in [-0.3, -0.25) is 4.79 Å². The molecule has 1 amide bonds. The summed E-state index contributed by atoms with van der Waals surface area (Å²) in [7, 11) is 0. The van der Waals surface area contributed by atoms with E-state index in [4.69, 9.17) is 4.52 Å². The Morgan fingerprint density at radius 2 is 1.85 bits per heavy atom. The molecule has 1 N–H and O–H groups in total. The molecule has 1 aliphatic heterocycles. The minimum absolute atomic E-state index is 0.0812. The molecule has 1 aromatic heterocycles. The lowest BCUT2D eigenvalue weighted by molar-refractivity contribution is -0.117. The Labute approximate surface area is 152 Å². The van der Waals surface area contributed by atoms with Crippen LogP contribution in [-0.2, 0) is 11.2 Å². The third-order valence-corrected chi connectivity index (χ3v) is 4.88. The van der Waals surface area contributed by atoms with Gasteiger partial charge in [-0.25, -0.2) is 0 Å². The Hall–Kier alpha value is -3.08. The van der Waals surface area contributed by atoms with Crippen molar-refractivity contribution in [1.29, 1.82) is 0 Å². The van der Waals surface area contributed by atoms with Crippen LogP contribution in [0.25, 0.3) is 0 Å². The largest absolute Gasteiger partial charge is 0.359 e. The van der Waals surface area contributed by atoms with Crippen molar-refractivity contribution in [3.63, 3.8) is 0 Å². The normalized spacial score (nSPS) is 14.2. The average Bonchev–Trinajstić information content (AvgIpc) is 3.22. The second-order valence-electron chi connectivity index (χ2n) is 6.57. The van der Waals surface area contributed by atoms with E-state index in [1.54, 1.807) is 6.92 Å². The zero-order valence-corrected chi connectivity index (χ0v) is 14.9. The summed E-state index contributed by atoms with van der Waals surface area (Å²) in [6.45, 7) is 4.45. The summed E-state index contributed by atoms with van der Waals surface area (Å²) in [5.74, 6) is 0.534. The number of nitrogens with zero attached hydrogens (tertiary/aromatic N) is 2. The highest BCUT2D eigenvalue weighted by molar-refractivity contribution is 5.98. The summed E-state index contributed by atoms with van der Waals surface area (Å²) < 4.78 is 5.19. The van der Waals surface area contributed by atoms with Gasteiger partial charge in [0.15, 0.2) is 5.76 Å². The van der Waals surface area contributed by atoms with Crippen molar-refractivity contribution in [1.82, 2.24) is 5.16 Å². The van der Waals surface area contributed by atoms with Crippen molar-refractivity contribution in [3.05, 3.63) is 77.2 Å². The lowest BCUT2D eigenvalue weighted by atomic mass is 10.0. The van der Waals surface area contributed by atoms with Crippen LogP contribution in [0, 0.1) is 13.8 Å². The molecule has 2 aromatic carbocycles. The molecule has 132 valence electrons. The minimum atomic E-state index is -0.409. The van der Waals surface area contributed by atoms with E-state index in [1.807, 2.05) is 49.4 Å². The van der Waals surface area contributed by atoms with Crippen LogP contribution in [-0.4, -0.2) is 17.6 Å². The molecule has 26 heavy (non-hydrogen) atoms. The quantitative estimate of drug-likeness (QED) is 0.774. The molecule has 0 radical (unpaired) electrons. The number of fused-ring (bicyclic) bond motifs is 1. The third-order valence-electron chi connectivity index (χ3n) is 4.88. The molecular formula is C21H21N3O2. The Morgan fingerprint density at radius 1 is 1.12 bits per heavy atom. The van der Waals surface area contributed by atoms with Crippen LogP contribution in [0.1, 0.15) is 28.6 Å². The fraction of sp³-hybridized carbons (Fsp3) is 0.238. The van der Waals surface area contributed by atoms with Crippen LogP contribution in [0.5, 0.6) is 0 Å². The molecule has 4 rings (SSSR count). The highest BCUT2D eigenvalue weighted by Crippen LogP contribution is 2.36. The Morgan fingerprint density at radius 3 is 2.58 bits per heavy atom. The smallest absolute Gasteiger partial charge is 0.251 e. The lowest BCUT2D eigenvalue weighted by Crippen LogP contribution is -2.36. The number of amides is 1. The summed E-state index contributed by atoms with van der Waals surface area (Å²) >= 11 is 0. The van der Waals surface area contributed by atoms with E-state index < -0.39 is 6.04 Å². The molecule has 0 aliphatic carbocycles. The first-order valence-electron chi connectivity index (χ1n) is 8.78. The molecule has 0 spiro atoms. The van der Waals surface area contributed by atoms with Gasteiger partial charge in [-0.15, -0.1) is 0 Å². The van der Waals surface area contributed by atoms with E-state index in [-0.39, 0.29) is 5.91 Å². The molecule has 1 atom stereocenters. The van der Waals surface area contributed by atoms with Gasteiger partial charge < -0.3 is 14.7 Å². The number of hydrogen-bond donors (Lipinski definition) is 1. The number of aromatic nitrogens is 1. The maximum Gasteiger partial charge on any atom is 0.251 e. The Balaban J connectivity index is 1.72. The zero-order valence-electron chi connectivity index (χ0n) is 14.9. The minimum Gasteiger partial charge on any atom is -0.359 e. The first kappa shape index (κ1) is 16.4. The number of carbonyl (C=O) groups is 1. The SMILES string of the molecule is Cc1noc(C)c1NC(=O)C(c1ccccc1)N1CCc2ccccc21. The fourth-order valence-electron chi connectivity index (χ4n) is 3.59. The number of benzene rings is 2. The van der Waals surface area contributed by atoms with Crippen molar-refractivity contribution >= 4 is 17.3 Å². The molecule has 0 saturated heterocycles. The highest BCUT2D eigenvalue weighted by Gasteiger charge is 2.33. The van der Waals surface area contributed by atoms with Crippen LogP contribution in [0.2, 0.25) is 0 Å². The summed E-state index contributed by atoms with van der Waals surface area (Å²) in [4.78, 5) is 15.5. The van der Waals surface area contributed by atoms with E-state index in [0.29, 0.717) is 17.1 Å². The second-order valence-corrected chi connectivity index (χ2v) is 6.57. The van der Waals surface area contributed by atoms with Gasteiger partial charge in [0.25, 0.3) is 5.91 Å². The Kier molecular flexibility index (Phi) is 4.21. The number of aryl methyl sites for hydroxylation is 2.